The van der Waals surface area contributed by atoms with Gasteiger partial charge in [0, 0.05) is 5.41 Å². The Balaban J connectivity index is 1.75. The summed E-state index contributed by atoms with van der Waals surface area (Å²) in [5, 5.41) is 11.6. The Kier molecular flexibility index (Phi) is 5.02. The number of aliphatic imine (C=N–C) groups is 1. The number of carbonyl (C=O) groups excluding carboxylic acids is 1. The van der Waals surface area contributed by atoms with Crippen molar-refractivity contribution in [2.24, 2.45) is 4.99 Å². The molecule has 0 saturated carbocycles. The molecule has 0 radical (unpaired) electrons. The van der Waals surface area contributed by atoms with Crippen LogP contribution >= 0.6 is 35.0 Å². The van der Waals surface area contributed by atoms with Crippen LogP contribution < -0.4 is 4.74 Å². The number of rotatable bonds is 3. The maximum atomic E-state index is 12.5. The van der Waals surface area contributed by atoms with Crippen molar-refractivity contribution in [3.05, 3.63) is 74.6 Å². The van der Waals surface area contributed by atoms with E-state index >= 15 is 0 Å². The second kappa shape index (κ2) is 7.47. The molecule has 0 aromatic heterocycles. The number of fused-ring (bicyclic) bond motifs is 1. The Hall–Kier alpha value is -2.54. The van der Waals surface area contributed by atoms with Gasteiger partial charge in [-0.25, -0.2) is 0 Å². The van der Waals surface area contributed by atoms with Gasteiger partial charge in [-0.2, -0.15) is 4.99 Å². The number of amidine groups is 2. The van der Waals surface area contributed by atoms with Crippen molar-refractivity contribution in [3.63, 3.8) is 0 Å². The standard InChI is InChI=1S/C20H13Cl2N3O2S/c1-27-17-14(21)8-11(9-15(17)22)7-13-18(23)25-16(12-5-3-2-4-6-12)10-28-20(25)24-19(13)26/h2-10,23H,1H3/b13-7+,23-18?. The van der Waals surface area contributed by atoms with Crippen molar-refractivity contribution in [1.82, 2.24) is 4.90 Å². The first kappa shape index (κ1) is 18.8. The molecule has 0 saturated heterocycles. The van der Waals surface area contributed by atoms with Gasteiger partial charge in [-0.05, 0) is 29.3 Å². The van der Waals surface area contributed by atoms with Gasteiger partial charge in [0.1, 0.15) is 5.84 Å². The van der Waals surface area contributed by atoms with Crippen LogP contribution in [0.5, 0.6) is 5.75 Å². The third-order valence-electron chi connectivity index (χ3n) is 4.22. The second-order valence-corrected chi connectivity index (χ2v) is 7.60. The molecule has 0 bridgehead atoms. The summed E-state index contributed by atoms with van der Waals surface area (Å²) in [6.45, 7) is 0. The van der Waals surface area contributed by atoms with Crippen molar-refractivity contribution in [3.8, 4) is 5.75 Å². The molecule has 28 heavy (non-hydrogen) atoms. The largest absolute Gasteiger partial charge is 0.494 e. The van der Waals surface area contributed by atoms with Crippen LogP contribution in [0.2, 0.25) is 10.0 Å². The molecule has 5 nitrogen and oxygen atoms in total. The normalized spacial score (nSPS) is 17.5. The molecular weight excluding hydrogens is 417 g/mol. The minimum absolute atomic E-state index is 0.0539. The molecule has 8 heteroatoms. The van der Waals surface area contributed by atoms with Crippen LogP contribution in [-0.2, 0) is 4.79 Å². The number of carbonyl (C=O) groups is 1. The number of thioether (sulfide) groups is 1. The number of halogens is 2. The smallest absolute Gasteiger partial charge is 0.283 e. The van der Waals surface area contributed by atoms with Gasteiger partial charge in [-0.15, -0.1) is 0 Å². The van der Waals surface area contributed by atoms with Crippen LogP contribution in [0.15, 0.2) is 58.4 Å². The third-order valence-corrected chi connectivity index (χ3v) is 5.61. The molecule has 2 aromatic rings. The summed E-state index contributed by atoms with van der Waals surface area (Å²) in [6, 6.07) is 12.9. The molecule has 4 rings (SSSR count). The Morgan fingerprint density at radius 2 is 1.86 bits per heavy atom. The first-order valence-corrected chi connectivity index (χ1v) is 9.82. The van der Waals surface area contributed by atoms with E-state index < -0.39 is 5.91 Å². The highest BCUT2D eigenvalue weighted by atomic mass is 35.5. The molecule has 140 valence electrons. The Morgan fingerprint density at radius 3 is 2.50 bits per heavy atom. The van der Waals surface area contributed by atoms with Gasteiger partial charge in [0.25, 0.3) is 5.91 Å². The van der Waals surface area contributed by atoms with E-state index in [4.69, 9.17) is 33.3 Å². The van der Waals surface area contributed by atoms with Crippen LogP contribution in [-0.4, -0.2) is 28.9 Å². The zero-order valence-corrected chi connectivity index (χ0v) is 16.9. The molecule has 0 spiro atoms. The number of ether oxygens (including phenoxy) is 1. The highest BCUT2D eigenvalue weighted by molar-refractivity contribution is 8.17. The van der Waals surface area contributed by atoms with Crippen molar-refractivity contribution in [1.29, 1.82) is 5.41 Å². The van der Waals surface area contributed by atoms with Crippen molar-refractivity contribution in [2.45, 2.75) is 0 Å². The van der Waals surface area contributed by atoms with Gasteiger partial charge in [0.15, 0.2) is 10.9 Å². The monoisotopic (exact) mass is 429 g/mol. The zero-order valence-electron chi connectivity index (χ0n) is 14.6. The first-order valence-electron chi connectivity index (χ1n) is 8.18. The number of hydrogen-bond donors (Lipinski definition) is 1. The van der Waals surface area contributed by atoms with Crippen LogP contribution in [0.1, 0.15) is 11.1 Å². The van der Waals surface area contributed by atoms with Crippen LogP contribution in [0.25, 0.3) is 11.8 Å². The van der Waals surface area contributed by atoms with Gasteiger partial charge in [0.2, 0.25) is 0 Å². The summed E-state index contributed by atoms with van der Waals surface area (Å²) in [7, 11) is 1.48. The maximum Gasteiger partial charge on any atom is 0.283 e. The Bertz CT molecular complexity index is 1070. The number of hydrogen-bond acceptors (Lipinski definition) is 4. The Morgan fingerprint density at radius 1 is 1.18 bits per heavy atom. The minimum Gasteiger partial charge on any atom is -0.494 e. The van der Waals surface area contributed by atoms with Crippen LogP contribution in [0, 0.1) is 5.41 Å². The quantitative estimate of drug-likeness (QED) is 0.671. The molecule has 0 unspecified atom stereocenters. The molecular formula is C20H13Cl2N3O2S. The molecule has 1 amide bonds. The predicted molar refractivity (Wildman–Crippen MR) is 115 cm³/mol. The lowest BCUT2D eigenvalue weighted by Gasteiger charge is -2.27. The minimum atomic E-state index is -0.477. The number of benzene rings is 2. The zero-order chi connectivity index (χ0) is 19.8. The molecule has 2 aliphatic heterocycles. The van der Waals surface area contributed by atoms with Gasteiger partial charge < -0.3 is 4.74 Å². The van der Waals surface area contributed by atoms with Gasteiger partial charge in [0.05, 0.1) is 28.4 Å². The van der Waals surface area contributed by atoms with E-state index in [0.29, 0.717) is 26.5 Å². The predicted octanol–water partition coefficient (Wildman–Crippen LogP) is 5.31. The van der Waals surface area contributed by atoms with E-state index in [9.17, 15) is 4.79 Å². The molecule has 0 fully saturated rings. The second-order valence-electron chi connectivity index (χ2n) is 5.95. The van der Waals surface area contributed by atoms with E-state index in [1.807, 2.05) is 35.7 Å². The van der Waals surface area contributed by atoms with Gasteiger partial charge in [-0.1, -0.05) is 65.3 Å². The van der Waals surface area contributed by atoms with E-state index in [0.717, 1.165) is 11.3 Å². The molecule has 2 aliphatic rings. The fourth-order valence-corrected chi connectivity index (χ4v) is 4.49. The van der Waals surface area contributed by atoms with Crippen molar-refractivity contribution >= 4 is 63.6 Å². The lowest BCUT2D eigenvalue weighted by Crippen LogP contribution is -2.38. The average Bonchev–Trinajstić information content (AvgIpc) is 3.09. The highest BCUT2D eigenvalue weighted by Gasteiger charge is 2.36. The summed E-state index contributed by atoms with van der Waals surface area (Å²) < 4.78 is 5.15. The topological polar surface area (TPSA) is 65.8 Å². The number of nitrogens with zero attached hydrogens (tertiary/aromatic N) is 2. The molecule has 2 heterocycles. The van der Waals surface area contributed by atoms with E-state index in [2.05, 4.69) is 4.99 Å². The Labute approximate surface area is 175 Å². The van der Waals surface area contributed by atoms with Crippen molar-refractivity contribution < 1.29 is 9.53 Å². The SMILES string of the molecule is COc1c(Cl)cc(/C=C2\C(=N)N3C(c4ccccc4)=CSC3=NC2=O)cc1Cl. The molecule has 1 N–H and O–H groups in total. The number of amides is 1. The van der Waals surface area contributed by atoms with Crippen LogP contribution in [0.4, 0.5) is 0 Å². The fraction of sp³-hybridized carbons (Fsp3) is 0.0500. The summed E-state index contributed by atoms with van der Waals surface area (Å²) in [5.74, 6) is -0.0613. The summed E-state index contributed by atoms with van der Waals surface area (Å²) >= 11 is 13.7. The third kappa shape index (κ3) is 3.24. The van der Waals surface area contributed by atoms with Gasteiger partial charge >= 0.3 is 0 Å². The van der Waals surface area contributed by atoms with E-state index in [-0.39, 0.29) is 11.4 Å². The van der Waals surface area contributed by atoms with E-state index in [1.165, 1.54) is 18.9 Å². The average molecular weight is 430 g/mol. The van der Waals surface area contributed by atoms with Crippen LogP contribution in [0.3, 0.4) is 0 Å². The fourth-order valence-electron chi connectivity index (χ4n) is 2.94. The van der Waals surface area contributed by atoms with E-state index in [1.54, 1.807) is 23.1 Å². The number of methoxy groups -OCH3 is 1. The molecule has 2 aromatic carbocycles. The van der Waals surface area contributed by atoms with Gasteiger partial charge in [-0.3, -0.25) is 15.1 Å². The molecule has 0 atom stereocenters. The van der Waals surface area contributed by atoms with Crippen molar-refractivity contribution in [2.75, 3.05) is 7.11 Å². The summed E-state index contributed by atoms with van der Waals surface area (Å²) in [4.78, 5) is 18.3. The number of nitrogens with one attached hydrogen (secondary N) is 1. The lowest BCUT2D eigenvalue weighted by molar-refractivity contribution is -0.114. The first-order chi connectivity index (χ1) is 13.5. The summed E-state index contributed by atoms with van der Waals surface area (Å²) in [5.41, 5.74) is 2.48. The maximum absolute atomic E-state index is 12.5. The highest BCUT2D eigenvalue weighted by Crippen LogP contribution is 2.38. The summed E-state index contributed by atoms with van der Waals surface area (Å²) in [6.07, 6.45) is 1.56. The molecule has 0 aliphatic carbocycles. The lowest BCUT2D eigenvalue weighted by atomic mass is 10.1.